The van der Waals surface area contributed by atoms with Gasteiger partial charge in [-0.05, 0) is 58.4 Å². The predicted molar refractivity (Wildman–Crippen MR) is 154 cm³/mol. The molecule has 3 heterocycles. The van der Waals surface area contributed by atoms with Gasteiger partial charge in [0.25, 0.3) is 0 Å². The van der Waals surface area contributed by atoms with Crippen molar-refractivity contribution in [2.75, 3.05) is 32.5 Å². The van der Waals surface area contributed by atoms with Gasteiger partial charge in [0, 0.05) is 31.6 Å². The number of carbonyl (C=O) groups excluding carboxylic acids is 2. The summed E-state index contributed by atoms with van der Waals surface area (Å²) in [4.78, 5) is 24.2. The van der Waals surface area contributed by atoms with Crippen molar-refractivity contribution in [1.82, 2.24) is 25.0 Å². The van der Waals surface area contributed by atoms with E-state index in [1.165, 1.54) is 43.5 Å². The Hall–Kier alpha value is -3.23. The van der Waals surface area contributed by atoms with Crippen LogP contribution in [0.2, 0.25) is 5.15 Å². The number of halogens is 1. The van der Waals surface area contributed by atoms with Gasteiger partial charge in [-0.2, -0.15) is 5.10 Å². The van der Waals surface area contributed by atoms with Crippen LogP contribution < -0.4 is 10.6 Å². The van der Waals surface area contributed by atoms with Crippen LogP contribution in [0.15, 0.2) is 55.1 Å². The first-order valence-electron chi connectivity index (χ1n) is 12.5. The standard InChI is InChI=1S/C11H12N2.C6H7ClN2.C5H11N.C4H7NO.C2H4O/c1-3-8-13-11-7-5-4-6-10(11)9(2)12-13;1-8-6-4-2-3-5(7)9-6;1-6-5-3-2-4-5;6-4-5-2-1-3-5;1-2-3/h3-7H,1,8H2,2H3;2-4H,1H3,(H,8,9);5-6H,2-4H2,1H3;4H,1-3H2;2H,1H3. The highest BCUT2D eigenvalue weighted by Crippen LogP contribution is 2.17. The third-order valence-electron chi connectivity index (χ3n) is 5.67. The Balaban J connectivity index is 0.000000250. The molecule has 2 aromatic heterocycles. The zero-order chi connectivity index (χ0) is 27.5. The number of anilines is 1. The fourth-order valence-corrected chi connectivity index (χ4v) is 3.41. The van der Waals surface area contributed by atoms with Gasteiger partial charge in [0.2, 0.25) is 6.41 Å². The van der Waals surface area contributed by atoms with Crippen molar-refractivity contribution in [2.45, 2.75) is 52.1 Å². The average Bonchev–Trinajstić information content (AvgIpc) is 3.15. The molecule has 2 fully saturated rings. The zero-order valence-corrected chi connectivity index (χ0v) is 23.2. The number of para-hydroxylation sites is 1. The number of aromatic nitrogens is 3. The van der Waals surface area contributed by atoms with Crippen LogP contribution >= 0.6 is 11.6 Å². The molecule has 3 aromatic rings. The summed E-state index contributed by atoms with van der Waals surface area (Å²) in [7, 11) is 3.84. The third kappa shape index (κ3) is 12.0. The lowest BCUT2D eigenvalue weighted by Gasteiger charge is -2.25. The molecule has 0 unspecified atom stereocenters. The summed E-state index contributed by atoms with van der Waals surface area (Å²) in [5, 5.41) is 12.2. The maximum Gasteiger partial charge on any atom is 0.209 e. The third-order valence-corrected chi connectivity index (χ3v) is 5.88. The second-order valence-electron chi connectivity index (χ2n) is 8.32. The molecule has 1 saturated carbocycles. The predicted octanol–water partition coefficient (Wildman–Crippen LogP) is 5.12. The molecule has 1 aliphatic heterocycles. The molecule has 1 saturated heterocycles. The molecule has 2 aliphatic rings. The van der Waals surface area contributed by atoms with E-state index < -0.39 is 0 Å². The minimum atomic E-state index is 0.516. The van der Waals surface area contributed by atoms with E-state index in [0.717, 1.165) is 49.9 Å². The molecule has 202 valence electrons. The number of hydrogen-bond donors (Lipinski definition) is 2. The summed E-state index contributed by atoms with van der Waals surface area (Å²) in [5.41, 5.74) is 2.26. The van der Waals surface area contributed by atoms with Gasteiger partial charge in [0.05, 0.1) is 17.8 Å². The molecule has 1 aliphatic carbocycles. The van der Waals surface area contributed by atoms with Gasteiger partial charge >= 0.3 is 0 Å². The van der Waals surface area contributed by atoms with Crippen LogP contribution in [-0.2, 0) is 16.1 Å². The van der Waals surface area contributed by atoms with Gasteiger partial charge in [0.15, 0.2) is 0 Å². The molecular weight excluding hydrogens is 488 g/mol. The maximum absolute atomic E-state index is 9.71. The number of fused-ring (bicyclic) bond motifs is 1. The normalized spacial score (nSPS) is 13.3. The van der Waals surface area contributed by atoms with Gasteiger partial charge in [-0.1, -0.05) is 48.4 Å². The topological polar surface area (TPSA) is 92.1 Å². The van der Waals surface area contributed by atoms with E-state index in [2.05, 4.69) is 39.4 Å². The fraction of sp³-hybridized carbons (Fsp3) is 0.429. The number of nitrogens with zero attached hydrogens (tertiary/aromatic N) is 4. The highest BCUT2D eigenvalue weighted by molar-refractivity contribution is 6.29. The molecule has 5 rings (SSSR count). The Bertz CT molecular complexity index is 1060. The van der Waals surface area contributed by atoms with Gasteiger partial charge in [-0.25, -0.2) is 4.98 Å². The van der Waals surface area contributed by atoms with Crippen LogP contribution in [0.1, 0.15) is 38.3 Å². The summed E-state index contributed by atoms with van der Waals surface area (Å²) in [6.07, 6.45) is 8.93. The zero-order valence-electron chi connectivity index (χ0n) is 22.5. The quantitative estimate of drug-likeness (QED) is 0.271. The van der Waals surface area contributed by atoms with Crippen LogP contribution in [0.3, 0.4) is 0 Å². The van der Waals surface area contributed by atoms with Crippen LogP contribution in [0.25, 0.3) is 10.9 Å². The van der Waals surface area contributed by atoms with Crippen molar-refractivity contribution in [2.24, 2.45) is 0 Å². The molecule has 1 aromatic carbocycles. The number of carbonyl (C=O) groups is 2. The summed E-state index contributed by atoms with van der Waals surface area (Å²) in [6, 6.07) is 14.6. The van der Waals surface area contributed by atoms with Crippen molar-refractivity contribution in [3.8, 4) is 0 Å². The van der Waals surface area contributed by atoms with E-state index in [9.17, 15) is 4.79 Å². The summed E-state index contributed by atoms with van der Waals surface area (Å²) >= 11 is 5.57. The number of allylic oxidation sites excluding steroid dienone is 1. The van der Waals surface area contributed by atoms with Crippen molar-refractivity contribution in [3.05, 3.63) is 66.0 Å². The lowest BCUT2D eigenvalue weighted by atomic mass is 9.94. The number of aryl methyl sites for hydroxylation is 1. The number of aldehydes is 1. The first-order chi connectivity index (χ1) is 17.9. The minimum absolute atomic E-state index is 0.516. The molecule has 0 atom stereocenters. The number of likely N-dealkylation sites (tertiary alicyclic amines) is 1. The summed E-state index contributed by atoms with van der Waals surface area (Å²) in [5.74, 6) is 0.794. The molecule has 9 heteroatoms. The van der Waals surface area contributed by atoms with Gasteiger partial charge in [0.1, 0.15) is 17.3 Å². The highest BCUT2D eigenvalue weighted by Gasteiger charge is 2.13. The van der Waals surface area contributed by atoms with Crippen LogP contribution in [-0.4, -0.2) is 65.6 Å². The van der Waals surface area contributed by atoms with Crippen molar-refractivity contribution < 1.29 is 9.59 Å². The molecule has 2 N–H and O–H groups in total. The average molecular weight is 529 g/mol. The Labute approximate surface area is 226 Å². The lowest BCUT2D eigenvalue weighted by Crippen LogP contribution is -2.35. The lowest BCUT2D eigenvalue weighted by molar-refractivity contribution is -0.121. The SMILES string of the molecule is C=CCn1nc(C)c2ccccc21.CC=O.CNC1CCC1.CNc1cccc(Cl)n1.O=CN1CCC1. The smallest absolute Gasteiger partial charge is 0.209 e. The van der Waals surface area contributed by atoms with Crippen molar-refractivity contribution >= 4 is 41.0 Å². The fourth-order valence-electron chi connectivity index (χ4n) is 3.25. The Morgan fingerprint density at radius 1 is 1.08 bits per heavy atom. The summed E-state index contributed by atoms with van der Waals surface area (Å²) in [6.45, 7) is 9.91. The highest BCUT2D eigenvalue weighted by atomic mass is 35.5. The molecule has 8 nitrogen and oxygen atoms in total. The Kier molecular flexibility index (Phi) is 16.3. The molecule has 1 amide bonds. The Morgan fingerprint density at radius 2 is 1.76 bits per heavy atom. The van der Waals surface area contributed by atoms with E-state index in [4.69, 9.17) is 16.4 Å². The number of rotatable bonds is 5. The van der Waals surface area contributed by atoms with E-state index in [1.807, 2.05) is 49.0 Å². The number of nitrogens with one attached hydrogen (secondary N) is 2. The second kappa shape index (κ2) is 19.0. The number of amides is 1. The Morgan fingerprint density at radius 3 is 2.14 bits per heavy atom. The first-order valence-corrected chi connectivity index (χ1v) is 12.9. The van der Waals surface area contributed by atoms with Gasteiger partial charge in [-0.3, -0.25) is 9.48 Å². The summed E-state index contributed by atoms with van der Waals surface area (Å²) < 4.78 is 1.97. The van der Waals surface area contributed by atoms with Gasteiger partial charge < -0.3 is 20.3 Å². The second-order valence-corrected chi connectivity index (χ2v) is 8.70. The minimum Gasteiger partial charge on any atom is -0.373 e. The van der Waals surface area contributed by atoms with Crippen molar-refractivity contribution in [3.63, 3.8) is 0 Å². The molecular formula is C28H41ClN6O2. The maximum atomic E-state index is 9.71. The van der Waals surface area contributed by atoms with Crippen LogP contribution in [0, 0.1) is 6.92 Å². The molecule has 37 heavy (non-hydrogen) atoms. The van der Waals surface area contributed by atoms with E-state index in [0.29, 0.717) is 5.15 Å². The monoisotopic (exact) mass is 528 g/mol. The number of benzene rings is 1. The van der Waals surface area contributed by atoms with Crippen molar-refractivity contribution in [1.29, 1.82) is 0 Å². The largest absolute Gasteiger partial charge is 0.373 e. The van der Waals surface area contributed by atoms with E-state index in [-0.39, 0.29) is 0 Å². The first kappa shape index (κ1) is 31.8. The number of hydrogen-bond acceptors (Lipinski definition) is 6. The molecule has 0 bridgehead atoms. The van der Waals surface area contributed by atoms with Gasteiger partial charge in [-0.15, -0.1) is 6.58 Å². The van der Waals surface area contributed by atoms with Crippen LogP contribution in [0.5, 0.6) is 0 Å². The van der Waals surface area contributed by atoms with Crippen LogP contribution in [0.4, 0.5) is 5.82 Å². The molecule has 0 radical (unpaired) electrons. The van der Waals surface area contributed by atoms with E-state index >= 15 is 0 Å². The number of pyridine rings is 1. The molecule has 0 spiro atoms. The van der Waals surface area contributed by atoms with E-state index in [1.54, 1.807) is 18.0 Å².